The van der Waals surface area contributed by atoms with Crippen LogP contribution in [-0.4, -0.2) is 12.3 Å². The van der Waals surface area contributed by atoms with Gasteiger partial charge in [-0.05, 0) is 42.0 Å². The lowest BCUT2D eigenvalue weighted by Crippen LogP contribution is -2.28. The average Bonchev–Trinajstić information content (AvgIpc) is 2.38. The fraction of sp³-hybridized carbons (Fsp3) is 0.200. The summed E-state index contributed by atoms with van der Waals surface area (Å²) in [7, 11) is 0. The first kappa shape index (κ1) is 13.8. The van der Waals surface area contributed by atoms with Crippen molar-refractivity contribution >= 4 is 39.1 Å². The molecule has 3 rings (SSSR count). The molecule has 20 heavy (non-hydrogen) atoms. The number of nitrogen functional groups attached to an aromatic ring is 1. The van der Waals surface area contributed by atoms with E-state index in [0.717, 1.165) is 33.7 Å². The Labute approximate surface area is 130 Å². The van der Waals surface area contributed by atoms with E-state index in [4.69, 9.17) is 5.73 Å². The molecule has 0 amide bonds. The summed E-state index contributed by atoms with van der Waals surface area (Å²) in [6.45, 7) is 1.63. The van der Waals surface area contributed by atoms with E-state index in [1.807, 2.05) is 30.0 Å². The Hall–Kier alpha value is -1.20. The number of thioether (sulfide) groups is 1. The van der Waals surface area contributed by atoms with Crippen LogP contribution in [0.2, 0.25) is 0 Å². The van der Waals surface area contributed by atoms with Gasteiger partial charge in [-0.1, -0.05) is 15.9 Å². The Bertz CT molecular complexity index is 628. The molecule has 1 aliphatic rings. The summed E-state index contributed by atoms with van der Waals surface area (Å²) in [5, 5.41) is 0. The minimum atomic E-state index is -0.214. The van der Waals surface area contributed by atoms with Crippen LogP contribution in [0.5, 0.6) is 0 Å². The topological polar surface area (TPSA) is 29.3 Å². The molecule has 0 saturated heterocycles. The highest BCUT2D eigenvalue weighted by atomic mass is 79.9. The van der Waals surface area contributed by atoms with Crippen LogP contribution >= 0.6 is 27.7 Å². The molecule has 1 aliphatic heterocycles. The number of hydrogen-bond acceptors (Lipinski definition) is 3. The predicted octanol–water partition coefficient (Wildman–Crippen LogP) is 4.28. The third-order valence-corrected chi connectivity index (χ3v) is 4.74. The number of halogens is 2. The normalized spacial score (nSPS) is 14.2. The maximum Gasteiger partial charge on any atom is 0.124 e. The summed E-state index contributed by atoms with van der Waals surface area (Å²) in [4.78, 5) is 3.49. The Kier molecular flexibility index (Phi) is 3.89. The maximum atomic E-state index is 13.5. The highest BCUT2D eigenvalue weighted by Crippen LogP contribution is 2.36. The second kappa shape index (κ2) is 5.66. The molecule has 104 valence electrons. The van der Waals surface area contributed by atoms with Gasteiger partial charge in [-0.25, -0.2) is 4.39 Å². The lowest BCUT2D eigenvalue weighted by molar-refractivity contribution is 0.623. The van der Waals surface area contributed by atoms with Crippen molar-refractivity contribution < 1.29 is 4.39 Å². The van der Waals surface area contributed by atoms with Crippen molar-refractivity contribution in [1.29, 1.82) is 0 Å². The van der Waals surface area contributed by atoms with Crippen LogP contribution in [0.1, 0.15) is 5.56 Å². The molecule has 0 radical (unpaired) electrons. The zero-order valence-corrected chi connectivity index (χ0v) is 13.2. The molecule has 0 saturated carbocycles. The van der Waals surface area contributed by atoms with Gasteiger partial charge in [0.05, 0.1) is 5.69 Å². The average molecular weight is 353 g/mol. The van der Waals surface area contributed by atoms with Gasteiger partial charge < -0.3 is 10.6 Å². The summed E-state index contributed by atoms with van der Waals surface area (Å²) >= 11 is 5.18. The largest absolute Gasteiger partial charge is 0.399 e. The lowest BCUT2D eigenvalue weighted by atomic mass is 10.2. The number of anilines is 2. The Balaban J connectivity index is 1.91. The van der Waals surface area contributed by atoms with Gasteiger partial charge in [0.15, 0.2) is 0 Å². The monoisotopic (exact) mass is 352 g/mol. The molecule has 2 N–H and O–H groups in total. The van der Waals surface area contributed by atoms with Crippen LogP contribution in [-0.2, 0) is 6.54 Å². The molecule has 1 heterocycles. The molecule has 0 spiro atoms. The van der Waals surface area contributed by atoms with Crippen LogP contribution < -0.4 is 10.6 Å². The van der Waals surface area contributed by atoms with E-state index in [1.165, 1.54) is 11.0 Å². The minimum absolute atomic E-state index is 0.214. The van der Waals surface area contributed by atoms with Crippen LogP contribution in [0.4, 0.5) is 15.8 Å². The second-order valence-electron chi connectivity index (χ2n) is 4.77. The molecule has 0 bridgehead atoms. The molecule has 0 unspecified atom stereocenters. The van der Waals surface area contributed by atoms with Crippen molar-refractivity contribution in [2.45, 2.75) is 11.4 Å². The van der Waals surface area contributed by atoms with Crippen LogP contribution in [0.3, 0.4) is 0 Å². The highest BCUT2D eigenvalue weighted by molar-refractivity contribution is 9.10. The highest BCUT2D eigenvalue weighted by Gasteiger charge is 2.18. The van der Waals surface area contributed by atoms with Crippen molar-refractivity contribution in [2.24, 2.45) is 0 Å². The molecular weight excluding hydrogens is 339 g/mol. The summed E-state index contributed by atoms with van der Waals surface area (Å²) in [5.74, 6) is 0.821. The van der Waals surface area contributed by atoms with E-state index in [-0.39, 0.29) is 5.82 Å². The maximum absolute atomic E-state index is 13.5. The fourth-order valence-corrected chi connectivity index (χ4v) is 3.92. The quantitative estimate of drug-likeness (QED) is 0.817. The molecule has 2 nitrogen and oxygen atoms in total. The molecule has 5 heteroatoms. The molecule has 0 fully saturated rings. The zero-order chi connectivity index (χ0) is 14.1. The number of fused-ring (bicyclic) bond motifs is 1. The summed E-state index contributed by atoms with van der Waals surface area (Å²) in [5.41, 5.74) is 8.74. The summed E-state index contributed by atoms with van der Waals surface area (Å²) < 4.78 is 14.2. The molecule has 2 aromatic rings. The van der Waals surface area contributed by atoms with E-state index < -0.39 is 0 Å². The number of hydrogen-bond donors (Lipinski definition) is 1. The molecule has 0 aliphatic carbocycles. The minimum Gasteiger partial charge on any atom is -0.399 e. The van der Waals surface area contributed by atoms with Crippen molar-refractivity contribution in [2.75, 3.05) is 22.9 Å². The van der Waals surface area contributed by atoms with Gasteiger partial charge in [-0.2, -0.15) is 0 Å². The lowest BCUT2D eigenvalue weighted by Gasteiger charge is -2.31. The fourth-order valence-electron chi connectivity index (χ4n) is 2.38. The standard InChI is InChI=1S/C15H14BrFN2S/c16-11-5-10(6-12(17)7-11)9-19-3-4-20-15-2-1-13(18)8-14(15)19/h1-2,5-8H,3-4,9,18H2. The number of nitrogens with two attached hydrogens (primary N) is 1. The Morgan fingerprint density at radius 3 is 2.90 bits per heavy atom. The second-order valence-corrected chi connectivity index (χ2v) is 6.83. The molecular formula is C15H14BrFN2S. The zero-order valence-electron chi connectivity index (χ0n) is 10.8. The van der Waals surface area contributed by atoms with Crippen molar-refractivity contribution in [3.05, 3.63) is 52.3 Å². The van der Waals surface area contributed by atoms with Crippen LogP contribution in [0, 0.1) is 5.82 Å². The Morgan fingerprint density at radius 2 is 2.10 bits per heavy atom. The van der Waals surface area contributed by atoms with Gasteiger partial charge in [-0.15, -0.1) is 11.8 Å². The van der Waals surface area contributed by atoms with Gasteiger partial charge in [0.25, 0.3) is 0 Å². The Morgan fingerprint density at radius 1 is 1.25 bits per heavy atom. The van der Waals surface area contributed by atoms with E-state index in [9.17, 15) is 4.39 Å². The first-order valence-electron chi connectivity index (χ1n) is 6.34. The van der Waals surface area contributed by atoms with Crippen LogP contribution in [0.15, 0.2) is 45.8 Å². The number of rotatable bonds is 2. The van der Waals surface area contributed by atoms with Crippen molar-refractivity contribution in [1.82, 2.24) is 0 Å². The van der Waals surface area contributed by atoms with Gasteiger partial charge in [-0.3, -0.25) is 0 Å². The number of nitrogens with zero attached hydrogens (tertiary/aromatic N) is 1. The third kappa shape index (κ3) is 2.94. The molecule has 2 aromatic carbocycles. The van der Waals surface area contributed by atoms with E-state index in [0.29, 0.717) is 6.54 Å². The SMILES string of the molecule is Nc1ccc2c(c1)N(Cc1cc(F)cc(Br)c1)CCS2. The first-order chi connectivity index (χ1) is 9.61. The van der Waals surface area contributed by atoms with E-state index >= 15 is 0 Å². The third-order valence-electron chi connectivity index (χ3n) is 3.24. The predicted molar refractivity (Wildman–Crippen MR) is 86.7 cm³/mol. The summed E-state index contributed by atoms with van der Waals surface area (Å²) in [6.07, 6.45) is 0. The van der Waals surface area contributed by atoms with Crippen LogP contribution in [0.25, 0.3) is 0 Å². The summed E-state index contributed by atoms with van der Waals surface area (Å²) in [6, 6.07) is 11.0. The van der Waals surface area contributed by atoms with Gasteiger partial charge in [0.1, 0.15) is 5.82 Å². The molecule has 0 atom stereocenters. The van der Waals surface area contributed by atoms with Crippen molar-refractivity contribution in [3.63, 3.8) is 0 Å². The van der Waals surface area contributed by atoms with Gasteiger partial charge in [0, 0.05) is 33.9 Å². The van der Waals surface area contributed by atoms with Gasteiger partial charge >= 0.3 is 0 Å². The van der Waals surface area contributed by atoms with E-state index in [1.54, 1.807) is 6.07 Å². The number of benzene rings is 2. The van der Waals surface area contributed by atoms with Crippen molar-refractivity contribution in [3.8, 4) is 0 Å². The first-order valence-corrected chi connectivity index (χ1v) is 8.12. The molecule has 0 aromatic heterocycles. The van der Waals surface area contributed by atoms with E-state index in [2.05, 4.69) is 26.9 Å². The smallest absolute Gasteiger partial charge is 0.124 e. The van der Waals surface area contributed by atoms with Gasteiger partial charge in [0.2, 0.25) is 0 Å².